The molecule has 1 spiro atoms. The molecule has 0 saturated carbocycles. The van der Waals surface area contributed by atoms with Crippen molar-refractivity contribution in [3.05, 3.63) is 53.3 Å². The van der Waals surface area contributed by atoms with Gasteiger partial charge in [0.15, 0.2) is 0 Å². The molecule has 0 radical (unpaired) electrons. The maximum Gasteiger partial charge on any atom is 0.0768 e. The van der Waals surface area contributed by atoms with E-state index in [9.17, 15) is 0 Å². The van der Waals surface area contributed by atoms with Gasteiger partial charge in [-0.1, -0.05) is 30.3 Å². The molecule has 2 fully saturated rings. The molecule has 2 saturated heterocycles. The summed E-state index contributed by atoms with van der Waals surface area (Å²) in [5.41, 5.74) is 4.53. The van der Waals surface area contributed by atoms with Crippen molar-refractivity contribution in [2.45, 2.75) is 51.9 Å². The third kappa shape index (κ3) is 5.38. The SMILES string of the molecule is Cl.Cl.c1ccc(CN2CCCC3(CCCN(Cc4cc5n(n4)CCNC5)C3)C2)cc1. The molecule has 5 nitrogen and oxygen atoms in total. The lowest BCUT2D eigenvalue weighted by molar-refractivity contribution is 0.00731. The first kappa shape index (κ1) is 23.6. The zero-order chi connectivity index (χ0) is 18.8. The predicted molar refractivity (Wildman–Crippen MR) is 126 cm³/mol. The third-order valence-electron chi connectivity index (χ3n) is 6.84. The highest BCUT2D eigenvalue weighted by molar-refractivity contribution is 5.85. The predicted octanol–water partition coefficient (Wildman–Crippen LogP) is 3.71. The largest absolute Gasteiger partial charge is 0.309 e. The second-order valence-electron chi connectivity index (χ2n) is 9.14. The number of halogens is 2. The van der Waals surface area contributed by atoms with Crippen LogP contribution in [0, 0.1) is 5.41 Å². The van der Waals surface area contributed by atoms with Crippen molar-refractivity contribution in [3.63, 3.8) is 0 Å². The smallest absolute Gasteiger partial charge is 0.0768 e. The number of nitrogens with one attached hydrogen (secondary N) is 1. The summed E-state index contributed by atoms with van der Waals surface area (Å²) < 4.78 is 2.20. The van der Waals surface area contributed by atoms with E-state index in [1.807, 2.05) is 0 Å². The molecule has 30 heavy (non-hydrogen) atoms. The zero-order valence-electron chi connectivity index (χ0n) is 17.8. The Hall–Kier alpha value is -1.11. The summed E-state index contributed by atoms with van der Waals surface area (Å²) in [5, 5.41) is 8.32. The van der Waals surface area contributed by atoms with E-state index in [4.69, 9.17) is 5.10 Å². The summed E-state index contributed by atoms with van der Waals surface area (Å²) in [7, 11) is 0. The Morgan fingerprint density at radius 2 is 1.60 bits per heavy atom. The van der Waals surface area contributed by atoms with E-state index < -0.39 is 0 Å². The Labute approximate surface area is 193 Å². The number of benzene rings is 1. The molecular formula is C23H35Cl2N5. The van der Waals surface area contributed by atoms with Gasteiger partial charge in [-0.2, -0.15) is 5.10 Å². The van der Waals surface area contributed by atoms with Crippen LogP contribution >= 0.6 is 24.8 Å². The molecule has 1 atom stereocenters. The highest BCUT2D eigenvalue weighted by Gasteiger charge is 2.39. The normalized spacial score (nSPS) is 24.7. The van der Waals surface area contributed by atoms with Crippen LogP contribution in [0.4, 0.5) is 0 Å². The van der Waals surface area contributed by atoms with E-state index in [1.165, 1.54) is 68.8 Å². The molecule has 5 rings (SSSR count). The number of aromatic nitrogens is 2. The minimum absolute atomic E-state index is 0. The number of rotatable bonds is 4. The molecule has 2 aromatic rings. The van der Waals surface area contributed by atoms with Gasteiger partial charge >= 0.3 is 0 Å². The fourth-order valence-corrected chi connectivity index (χ4v) is 5.62. The van der Waals surface area contributed by atoms with Crippen LogP contribution in [0.2, 0.25) is 0 Å². The third-order valence-corrected chi connectivity index (χ3v) is 6.84. The van der Waals surface area contributed by atoms with Crippen molar-refractivity contribution in [3.8, 4) is 0 Å². The second-order valence-corrected chi connectivity index (χ2v) is 9.14. The first-order valence-electron chi connectivity index (χ1n) is 11.0. The van der Waals surface area contributed by atoms with E-state index in [0.29, 0.717) is 5.41 Å². The lowest BCUT2D eigenvalue weighted by Gasteiger charge is -2.48. The fourth-order valence-electron chi connectivity index (χ4n) is 5.62. The monoisotopic (exact) mass is 451 g/mol. The van der Waals surface area contributed by atoms with Crippen LogP contribution in [-0.4, -0.2) is 52.3 Å². The molecule has 0 aliphatic carbocycles. The molecule has 1 N–H and O–H groups in total. The molecule has 4 heterocycles. The van der Waals surface area contributed by atoms with Gasteiger partial charge in [0.25, 0.3) is 0 Å². The molecule has 166 valence electrons. The van der Waals surface area contributed by atoms with E-state index in [-0.39, 0.29) is 24.8 Å². The van der Waals surface area contributed by atoms with Gasteiger partial charge in [-0.05, 0) is 55.8 Å². The summed E-state index contributed by atoms with van der Waals surface area (Å²) >= 11 is 0. The van der Waals surface area contributed by atoms with Crippen molar-refractivity contribution < 1.29 is 0 Å². The van der Waals surface area contributed by atoms with E-state index in [1.54, 1.807) is 0 Å². The summed E-state index contributed by atoms with van der Waals surface area (Å²) in [5.74, 6) is 0. The van der Waals surface area contributed by atoms with Gasteiger partial charge in [-0.25, -0.2) is 0 Å². The number of fused-ring (bicyclic) bond motifs is 1. The van der Waals surface area contributed by atoms with Crippen molar-refractivity contribution in [1.29, 1.82) is 0 Å². The van der Waals surface area contributed by atoms with Crippen molar-refractivity contribution in [2.75, 3.05) is 32.7 Å². The van der Waals surface area contributed by atoms with Crippen LogP contribution in [0.5, 0.6) is 0 Å². The molecule has 1 aromatic carbocycles. The highest BCUT2D eigenvalue weighted by atomic mass is 35.5. The van der Waals surface area contributed by atoms with Crippen molar-refractivity contribution in [2.24, 2.45) is 5.41 Å². The minimum Gasteiger partial charge on any atom is -0.309 e. The number of likely N-dealkylation sites (tertiary alicyclic amines) is 2. The lowest BCUT2D eigenvalue weighted by atomic mass is 9.73. The minimum atomic E-state index is 0. The maximum absolute atomic E-state index is 4.87. The molecule has 1 aromatic heterocycles. The first-order chi connectivity index (χ1) is 13.8. The Kier molecular flexibility index (Phi) is 8.22. The van der Waals surface area contributed by atoms with E-state index in [2.05, 4.69) is 56.2 Å². The average Bonchev–Trinajstić information content (AvgIpc) is 3.11. The summed E-state index contributed by atoms with van der Waals surface area (Å²) in [4.78, 5) is 5.38. The Balaban J connectivity index is 0.00000128. The second kappa shape index (κ2) is 10.5. The zero-order valence-corrected chi connectivity index (χ0v) is 19.4. The maximum atomic E-state index is 4.87. The van der Waals surface area contributed by atoms with E-state index >= 15 is 0 Å². The van der Waals surface area contributed by atoms with Gasteiger partial charge in [0.1, 0.15) is 0 Å². The topological polar surface area (TPSA) is 36.3 Å². The molecule has 0 amide bonds. The van der Waals surface area contributed by atoms with Gasteiger partial charge < -0.3 is 5.32 Å². The summed E-state index contributed by atoms with van der Waals surface area (Å²) in [6.45, 7) is 10.1. The molecule has 7 heteroatoms. The van der Waals surface area contributed by atoms with Crippen LogP contribution < -0.4 is 5.32 Å². The van der Waals surface area contributed by atoms with Crippen LogP contribution in [0.1, 0.15) is 42.6 Å². The quantitative estimate of drug-likeness (QED) is 0.768. The van der Waals surface area contributed by atoms with Crippen LogP contribution in [0.15, 0.2) is 36.4 Å². The lowest BCUT2D eigenvalue weighted by Crippen LogP contribution is -2.51. The molecular weight excluding hydrogens is 417 g/mol. The Morgan fingerprint density at radius 3 is 2.30 bits per heavy atom. The van der Waals surface area contributed by atoms with Gasteiger partial charge in [-0.3, -0.25) is 14.5 Å². The number of nitrogens with zero attached hydrogens (tertiary/aromatic N) is 4. The van der Waals surface area contributed by atoms with Gasteiger partial charge in [0, 0.05) is 39.3 Å². The van der Waals surface area contributed by atoms with Gasteiger partial charge in [-0.15, -0.1) is 24.8 Å². The summed E-state index contributed by atoms with van der Waals surface area (Å²) in [6, 6.07) is 13.3. The first-order valence-corrected chi connectivity index (χ1v) is 11.0. The molecule has 0 bridgehead atoms. The molecule has 3 aliphatic rings. The standard InChI is InChI=1S/C23H33N5.2ClH/c1-2-6-20(7-3-1)16-26-11-4-8-23(18-26)9-5-12-27(19-23)17-21-14-22-15-24-10-13-28(22)25-21;;/h1-3,6-7,14,24H,4-5,8-13,15-19H2;2*1H. The van der Waals surface area contributed by atoms with Crippen LogP contribution in [0.3, 0.4) is 0 Å². The number of hydrogen-bond donors (Lipinski definition) is 1. The van der Waals surface area contributed by atoms with Gasteiger partial charge in [0.2, 0.25) is 0 Å². The van der Waals surface area contributed by atoms with Crippen molar-refractivity contribution in [1.82, 2.24) is 24.9 Å². The van der Waals surface area contributed by atoms with Crippen LogP contribution in [0.25, 0.3) is 0 Å². The fraction of sp³-hybridized carbons (Fsp3) is 0.609. The Bertz CT molecular complexity index is 769. The number of hydrogen-bond acceptors (Lipinski definition) is 4. The van der Waals surface area contributed by atoms with Crippen molar-refractivity contribution >= 4 is 24.8 Å². The highest BCUT2D eigenvalue weighted by Crippen LogP contribution is 2.39. The average molecular weight is 452 g/mol. The molecule has 3 aliphatic heterocycles. The Morgan fingerprint density at radius 1 is 0.900 bits per heavy atom. The van der Waals surface area contributed by atoms with Crippen LogP contribution in [-0.2, 0) is 26.2 Å². The summed E-state index contributed by atoms with van der Waals surface area (Å²) in [6.07, 6.45) is 5.44. The van der Waals surface area contributed by atoms with Gasteiger partial charge in [0.05, 0.1) is 17.9 Å². The molecule has 1 unspecified atom stereocenters. The van der Waals surface area contributed by atoms with E-state index in [0.717, 1.165) is 32.7 Å². The number of piperidine rings is 2.